The number of nitrogens with zero attached hydrogens (tertiary/aromatic N) is 4. The van der Waals surface area contributed by atoms with Gasteiger partial charge >= 0.3 is 0 Å². The lowest BCUT2D eigenvalue weighted by molar-refractivity contribution is 0.102. The Kier molecular flexibility index (Phi) is 5.96. The zero-order valence-corrected chi connectivity index (χ0v) is 17.7. The van der Waals surface area contributed by atoms with Crippen molar-refractivity contribution in [2.45, 2.75) is 24.7 Å². The van der Waals surface area contributed by atoms with Crippen molar-refractivity contribution in [1.29, 1.82) is 0 Å². The molecular formula is C20H22N6O4S. The maximum Gasteiger partial charge on any atom is 0.255 e. The van der Waals surface area contributed by atoms with Gasteiger partial charge < -0.3 is 10.1 Å². The average Bonchev–Trinajstić information content (AvgIpc) is 3.49. The van der Waals surface area contributed by atoms with Gasteiger partial charge in [0.15, 0.2) is 0 Å². The fourth-order valence-corrected chi connectivity index (χ4v) is 5.09. The van der Waals surface area contributed by atoms with E-state index >= 15 is 0 Å². The summed E-state index contributed by atoms with van der Waals surface area (Å²) >= 11 is 0. The monoisotopic (exact) mass is 442 g/mol. The second kappa shape index (κ2) is 8.82. The molecule has 2 N–H and O–H groups in total. The SMILES string of the molecule is CCOc1ccc(NC(=O)c2cccc(-c3nn[nH]n3)c2)cc1S(=O)(=O)N1CCCC1. The average molecular weight is 443 g/mol. The minimum atomic E-state index is -3.72. The first-order valence-electron chi connectivity index (χ1n) is 9.91. The van der Waals surface area contributed by atoms with Gasteiger partial charge in [-0.3, -0.25) is 4.79 Å². The number of hydrogen-bond donors (Lipinski definition) is 2. The van der Waals surface area contributed by atoms with Crippen molar-refractivity contribution < 1.29 is 17.9 Å². The molecular weight excluding hydrogens is 420 g/mol. The van der Waals surface area contributed by atoms with E-state index in [1.807, 2.05) is 0 Å². The number of carbonyl (C=O) groups is 1. The minimum absolute atomic E-state index is 0.0506. The highest BCUT2D eigenvalue weighted by Crippen LogP contribution is 2.32. The van der Waals surface area contributed by atoms with Crippen LogP contribution in [0.25, 0.3) is 11.4 Å². The van der Waals surface area contributed by atoms with E-state index in [0.29, 0.717) is 42.3 Å². The first-order chi connectivity index (χ1) is 15.0. The summed E-state index contributed by atoms with van der Waals surface area (Å²) in [6.45, 7) is 3.08. The van der Waals surface area contributed by atoms with Crippen LogP contribution in [-0.4, -0.2) is 59.0 Å². The van der Waals surface area contributed by atoms with E-state index in [-0.39, 0.29) is 16.6 Å². The third kappa shape index (κ3) is 4.42. The van der Waals surface area contributed by atoms with E-state index in [1.165, 1.54) is 10.4 Å². The number of H-pyrrole nitrogens is 1. The third-order valence-electron chi connectivity index (χ3n) is 4.91. The van der Waals surface area contributed by atoms with E-state index < -0.39 is 10.0 Å². The van der Waals surface area contributed by atoms with Crippen molar-refractivity contribution in [3.8, 4) is 17.1 Å². The molecule has 0 radical (unpaired) electrons. The van der Waals surface area contributed by atoms with Gasteiger partial charge in [-0.05, 0) is 55.3 Å². The van der Waals surface area contributed by atoms with E-state index in [2.05, 4.69) is 25.9 Å². The Hall–Kier alpha value is -3.31. The minimum Gasteiger partial charge on any atom is -0.492 e. The molecule has 1 saturated heterocycles. The molecule has 11 heteroatoms. The number of rotatable bonds is 7. The second-order valence-electron chi connectivity index (χ2n) is 6.98. The lowest BCUT2D eigenvalue weighted by atomic mass is 10.1. The predicted molar refractivity (Wildman–Crippen MR) is 113 cm³/mol. The van der Waals surface area contributed by atoms with Crippen molar-refractivity contribution in [1.82, 2.24) is 24.9 Å². The standard InChI is InChI=1S/C20H22N6O4S/c1-2-30-17-9-8-16(13-18(17)31(28,29)26-10-3-4-11-26)21-20(27)15-7-5-6-14(12-15)19-22-24-25-23-19/h5-9,12-13H,2-4,10-11H2,1H3,(H,21,27)(H,22,23,24,25). The summed E-state index contributed by atoms with van der Waals surface area (Å²) in [5, 5.41) is 16.5. The highest BCUT2D eigenvalue weighted by Gasteiger charge is 2.30. The third-order valence-corrected chi connectivity index (χ3v) is 6.83. The Morgan fingerprint density at radius 2 is 2.00 bits per heavy atom. The van der Waals surface area contributed by atoms with Crippen LogP contribution in [0.5, 0.6) is 5.75 Å². The Balaban J connectivity index is 1.62. The zero-order chi connectivity index (χ0) is 21.8. The van der Waals surface area contributed by atoms with Crippen LogP contribution in [0, 0.1) is 0 Å². The van der Waals surface area contributed by atoms with Crippen LogP contribution in [0.1, 0.15) is 30.1 Å². The molecule has 0 bridgehead atoms. The van der Waals surface area contributed by atoms with Gasteiger partial charge in [0.05, 0.1) is 6.61 Å². The summed E-state index contributed by atoms with van der Waals surface area (Å²) in [5.41, 5.74) is 1.36. The zero-order valence-electron chi connectivity index (χ0n) is 16.9. The summed E-state index contributed by atoms with van der Waals surface area (Å²) in [6, 6.07) is 11.4. The van der Waals surface area contributed by atoms with Crippen molar-refractivity contribution >= 4 is 21.6 Å². The molecule has 0 saturated carbocycles. The molecule has 0 atom stereocenters. The summed E-state index contributed by atoms with van der Waals surface area (Å²) in [4.78, 5) is 12.8. The molecule has 10 nitrogen and oxygen atoms in total. The number of ether oxygens (including phenoxy) is 1. The molecule has 31 heavy (non-hydrogen) atoms. The van der Waals surface area contributed by atoms with E-state index in [4.69, 9.17) is 4.74 Å². The number of anilines is 1. The van der Waals surface area contributed by atoms with E-state index in [1.54, 1.807) is 43.3 Å². The number of benzene rings is 2. The lowest BCUT2D eigenvalue weighted by Gasteiger charge is -2.19. The molecule has 0 aliphatic carbocycles. The molecule has 2 heterocycles. The largest absolute Gasteiger partial charge is 0.492 e. The van der Waals surface area contributed by atoms with E-state index in [9.17, 15) is 13.2 Å². The lowest BCUT2D eigenvalue weighted by Crippen LogP contribution is -2.28. The Morgan fingerprint density at radius 1 is 1.19 bits per heavy atom. The van der Waals surface area contributed by atoms with Crippen LogP contribution in [0.15, 0.2) is 47.4 Å². The van der Waals surface area contributed by atoms with Gasteiger partial charge in [-0.1, -0.05) is 12.1 Å². The summed E-state index contributed by atoms with van der Waals surface area (Å²) in [7, 11) is -3.72. The van der Waals surface area contributed by atoms with Crippen molar-refractivity contribution in [2.24, 2.45) is 0 Å². The summed E-state index contributed by atoms with van der Waals surface area (Å²) < 4.78 is 33.2. The predicted octanol–water partition coefficient (Wildman–Crippen LogP) is 2.30. The molecule has 1 aliphatic heterocycles. The van der Waals surface area contributed by atoms with Crippen LogP contribution in [0.3, 0.4) is 0 Å². The van der Waals surface area contributed by atoms with Gasteiger partial charge in [0.2, 0.25) is 15.8 Å². The van der Waals surface area contributed by atoms with Crippen molar-refractivity contribution in [2.75, 3.05) is 25.0 Å². The van der Waals surface area contributed by atoms with Gasteiger partial charge in [0, 0.05) is 29.9 Å². The number of nitrogens with one attached hydrogen (secondary N) is 2. The number of amides is 1. The van der Waals surface area contributed by atoms with Gasteiger partial charge in [-0.2, -0.15) is 9.52 Å². The number of sulfonamides is 1. The summed E-state index contributed by atoms with van der Waals surface area (Å²) in [6.07, 6.45) is 1.66. The molecule has 4 rings (SSSR count). The molecule has 0 spiro atoms. The number of tetrazole rings is 1. The van der Waals surface area contributed by atoms with Crippen LogP contribution in [0.2, 0.25) is 0 Å². The highest BCUT2D eigenvalue weighted by molar-refractivity contribution is 7.89. The second-order valence-corrected chi connectivity index (χ2v) is 8.88. The molecule has 3 aromatic rings. The Labute approximate surface area is 179 Å². The fourth-order valence-electron chi connectivity index (χ4n) is 3.42. The number of aromatic amines is 1. The van der Waals surface area contributed by atoms with Gasteiger partial charge in [-0.25, -0.2) is 8.42 Å². The molecule has 1 fully saturated rings. The molecule has 162 valence electrons. The number of aromatic nitrogens is 4. The van der Waals surface area contributed by atoms with Gasteiger partial charge in [-0.15, -0.1) is 10.2 Å². The van der Waals surface area contributed by atoms with Crippen LogP contribution < -0.4 is 10.1 Å². The van der Waals surface area contributed by atoms with Crippen molar-refractivity contribution in [3.63, 3.8) is 0 Å². The van der Waals surface area contributed by atoms with Crippen LogP contribution >= 0.6 is 0 Å². The highest BCUT2D eigenvalue weighted by atomic mass is 32.2. The van der Waals surface area contributed by atoms with Crippen LogP contribution in [0.4, 0.5) is 5.69 Å². The Bertz CT molecular complexity index is 1170. The summed E-state index contributed by atoms with van der Waals surface area (Å²) in [5.74, 6) is 0.250. The molecule has 1 amide bonds. The quantitative estimate of drug-likeness (QED) is 0.574. The van der Waals surface area contributed by atoms with Gasteiger partial charge in [0.1, 0.15) is 10.6 Å². The number of hydrogen-bond acceptors (Lipinski definition) is 7. The molecule has 1 aliphatic rings. The topological polar surface area (TPSA) is 130 Å². The molecule has 0 unspecified atom stereocenters. The van der Waals surface area contributed by atoms with Crippen LogP contribution in [-0.2, 0) is 10.0 Å². The molecule has 1 aromatic heterocycles. The maximum absolute atomic E-state index is 13.1. The Morgan fingerprint density at radius 3 is 2.71 bits per heavy atom. The molecule has 2 aromatic carbocycles. The smallest absolute Gasteiger partial charge is 0.255 e. The van der Waals surface area contributed by atoms with E-state index in [0.717, 1.165) is 12.8 Å². The normalized spacial score (nSPS) is 14.5. The van der Waals surface area contributed by atoms with Gasteiger partial charge in [0.25, 0.3) is 5.91 Å². The maximum atomic E-state index is 13.1. The fraction of sp³-hybridized carbons (Fsp3) is 0.300. The number of carbonyl (C=O) groups excluding carboxylic acids is 1. The first-order valence-corrected chi connectivity index (χ1v) is 11.4. The first kappa shape index (κ1) is 20.9. The van der Waals surface area contributed by atoms with Crippen molar-refractivity contribution in [3.05, 3.63) is 48.0 Å².